The molecule has 1 aliphatic rings. The molecular weight excluding hydrogens is 360 g/mol. The summed E-state index contributed by atoms with van der Waals surface area (Å²) >= 11 is 0. The first kappa shape index (κ1) is 18.1. The van der Waals surface area contributed by atoms with E-state index in [-0.39, 0.29) is 16.6 Å². The van der Waals surface area contributed by atoms with Crippen LogP contribution in [0.15, 0.2) is 39.8 Å². The molecule has 2 N–H and O–H groups in total. The van der Waals surface area contributed by atoms with Crippen LogP contribution in [0.3, 0.4) is 0 Å². The smallest absolute Gasteiger partial charge is 0.241 e. The van der Waals surface area contributed by atoms with Gasteiger partial charge in [-0.05, 0) is 37.6 Å². The molecule has 3 rings (SSSR count). The molecule has 0 atom stereocenters. The molecule has 1 aromatic heterocycles. The highest BCUT2D eigenvalue weighted by atomic mass is 32.2. The summed E-state index contributed by atoms with van der Waals surface area (Å²) in [7, 11) is -3.85. The van der Waals surface area contributed by atoms with Crippen molar-refractivity contribution < 1.29 is 22.5 Å². The molecule has 10 heteroatoms. The molecule has 0 unspecified atom stereocenters. The van der Waals surface area contributed by atoms with Crippen LogP contribution in [0.2, 0.25) is 0 Å². The van der Waals surface area contributed by atoms with Crippen molar-refractivity contribution in [3.63, 3.8) is 0 Å². The highest BCUT2D eigenvalue weighted by Gasteiger charge is 2.22. The lowest BCUT2D eigenvalue weighted by Gasteiger charge is -2.16. The molecule has 1 aromatic carbocycles. The quantitative estimate of drug-likeness (QED) is 0.774. The summed E-state index contributed by atoms with van der Waals surface area (Å²) in [5, 5.41) is 6.02. The molecule has 0 saturated carbocycles. The Morgan fingerprint density at radius 3 is 2.62 bits per heavy atom. The molecule has 1 aliphatic heterocycles. The van der Waals surface area contributed by atoms with E-state index in [0.29, 0.717) is 24.4 Å². The molecule has 1 saturated heterocycles. The van der Waals surface area contributed by atoms with Crippen LogP contribution < -0.4 is 14.9 Å². The summed E-state index contributed by atoms with van der Waals surface area (Å²) in [6.07, 6.45) is 1.29. The lowest BCUT2D eigenvalue weighted by molar-refractivity contribution is -0.117. The van der Waals surface area contributed by atoms with E-state index in [9.17, 15) is 18.0 Å². The maximum Gasteiger partial charge on any atom is 0.241 e. The second-order valence-electron chi connectivity index (χ2n) is 5.84. The van der Waals surface area contributed by atoms with Gasteiger partial charge >= 0.3 is 0 Å². The van der Waals surface area contributed by atoms with E-state index in [1.165, 1.54) is 18.2 Å². The monoisotopic (exact) mass is 378 g/mol. The molecule has 2 heterocycles. The maximum atomic E-state index is 12.3. The summed E-state index contributed by atoms with van der Waals surface area (Å²) in [6.45, 7) is 1.86. The van der Waals surface area contributed by atoms with E-state index in [1.807, 2.05) is 0 Å². The van der Waals surface area contributed by atoms with Crippen molar-refractivity contribution in [2.45, 2.75) is 24.7 Å². The minimum Gasteiger partial charge on any atom is -0.360 e. The fourth-order valence-corrected chi connectivity index (χ4v) is 3.56. The van der Waals surface area contributed by atoms with Gasteiger partial charge in [0.25, 0.3) is 0 Å². The lowest BCUT2D eigenvalue weighted by Crippen LogP contribution is -2.33. The Morgan fingerprint density at radius 1 is 1.31 bits per heavy atom. The molecule has 2 aromatic rings. The van der Waals surface area contributed by atoms with E-state index in [2.05, 4.69) is 15.2 Å². The number of rotatable bonds is 6. The number of anilines is 2. The molecule has 0 bridgehead atoms. The SMILES string of the molecule is Cc1cc(NC(=O)CNS(=O)(=O)c2ccc(N3CCCC3=O)cc2)no1. The van der Waals surface area contributed by atoms with Crippen molar-refractivity contribution >= 4 is 33.3 Å². The van der Waals surface area contributed by atoms with Crippen molar-refractivity contribution in [2.24, 2.45) is 0 Å². The third-order valence-corrected chi connectivity index (χ3v) is 5.27. The zero-order valence-corrected chi connectivity index (χ0v) is 14.9. The fraction of sp³-hybridized carbons (Fsp3) is 0.312. The van der Waals surface area contributed by atoms with Crippen LogP contribution in [0.5, 0.6) is 0 Å². The van der Waals surface area contributed by atoms with Crippen molar-refractivity contribution in [1.29, 1.82) is 0 Å². The van der Waals surface area contributed by atoms with E-state index in [1.54, 1.807) is 24.0 Å². The molecule has 1 fully saturated rings. The van der Waals surface area contributed by atoms with Gasteiger partial charge in [0.2, 0.25) is 21.8 Å². The average Bonchev–Trinajstić information content (AvgIpc) is 3.21. The largest absolute Gasteiger partial charge is 0.360 e. The molecular formula is C16H18N4O5S. The molecule has 0 spiro atoms. The van der Waals surface area contributed by atoms with E-state index >= 15 is 0 Å². The second kappa shape index (κ2) is 7.26. The van der Waals surface area contributed by atoms with Crippen LogP contribution in [0.4, 0.5) is 11.5 Å². The molecule has 0 radical (unpaired) electrons. The number of benzene rings is 1. The Bertz CT molecular complexity index is 920. The predicted molar refractivity (Wildman–Crippen MR) is 93.1 cm³/mol. The van der Waals surface area contributed by atoms with Crippen molar-refractivity contribution in [1.82, 2.24) is 9.88 Å². The first-order valence-corrected chi connectivity index (χ1v) is 9.47. The van der Waals surface area contributed by atoms with Gasteiger partial charge in [-0.3, -0.25) is 9.59 Å². The zero-order valence-electron chi connectivity index (χ0n) is 14.1. The first-order valence-electron chi connectivity index (χ1n) is 7.98. The van der Waals surface area contributed by atoms with Gasteiger partial charge in [-0.15, -0.1) is 0 Å². The van der Waals surface area contributed by atoms with Crippen molar-refractivity contribution in [3.05, 3.63) is 36.1 Å². The number of carbonyl (C=O) groups is 2. The number of aryl methyl sites for hydroxylation is 1. The van der Waals surface area contributed by atoms with Gasteiger partial charge in [0.1, 0.15) is 5.76 Å². The molecule has 26 heavy (non-hydrogen) atoms. The first-order chi connectivity index (χ1) is 12.3. The van der Waals surface area contributed by atoms with Gasteiger partial charge in [0, 0.05) is 24.7 Å². The number of amides is 2. The molecule has 138 valence electrons. The van der Waals surface area contributed by atoms with Crippen molar-refractivity contribution in [2.75, 3.05) is 23.3 Å². The van der Waals surface area contributed by atoms with Crippen LogP contribution in [-0.2, 0) is 19.6 Å². The third kappa shape index (κ3) is 4.09. The Kier molecular flexibility index (Phi) is 5.05. The van der Waals surface area contributed by atoms with Gasteiger partial charge in [-0.1, -0.05) is 5.16 Å². The van der Waals surface area contributed by atoms with Crippen LogP contribution >= 0.6 is 0 Å². The number of carbonyl (C=O) groups excluding carboxylic acids is 2. The van der Waals surface area contributed by atoms with Gasteiger partial charge < -0.3 is 14.7 Å². The highest BCUT2D eigenvalue weighted by Crippen LogP contribution is 2.22. The molecule has 0 aliphatic carbocycles. The number of aromatic nitrogens is 1. The van der Waals surface area contributed by atoms with E-state index < -0.39 is 22.5 Å². The number of nitrogens with zero attached hydrogens (tertiary/aromatic N) is 2. The van der Waals surface area contributed by atoms with Crippen LogP contribution in [-0.4, -0.2) is 38.5 Å². The minimum absolute atomic E-state index is 0.0120. The minimum atomic E-state index is -3.85. The molecule has 9 nitrogen and oxygen atoms in total. The van der Waals surface area contributed by atoms with Gasteiger partial charge in [-0.25, -0.2) is 13.1 Å². The summed E-state index contributed by atoms with van der Waals surface area (Å²) in [5.41, 5.74) is 0.658. The summed E-state index contributed by atoms with van der Waals surface area (Å²) in [5.74, 6) is 0.198. The Hall–Kier alpha value is -2.72. The Morgan fingerprint density at radius 2 is 2.04 bits per heavy atom. The average molecular weight is 378 g/mol. The topological polar surface area (TPSA) is 122 Å². The third-order valence-electron chi connectivity index (χ3n) is 3.85. The number of hydrogen-bond donors (Lipinski definition) is 2. The summed E-state index contributed by atoms with van der Waals surface area (Å²) in [4.78, 5) is 25.2. The molecule has 2 amide bonds. The Labute approximate surface area is 150 Å². The lowest BCUT2D eigenvalue weighted by atomic mass is 10.3. The van der Waals surface area contributed by atoms with Crippen LogP contribution in [0, 0.1) is 6.92 Å². The van der Waals surface area contributed by atoms with Crippen LogP contribution in [0.1, 0.15) is 18.6 Å². The standard InChI is InChI=1S/C16H18N4O5S/c1-11-9-14(19-25-11)18-15(21)10-17-26(23,24)13-6-4-12(5-7-13)20-8-2-3-16(20)22/h4-7,9,17H,2-3,8,10H2,1H3,(H,18,19,21). The second-order valence-corrected chi connectivity index (χ2v) is 7.61. The number of nitrogens with one attached hydrogen (secondary N) is 2. The normalized spacial score (nSPS) is 14.7. The Balaban J connectivity index is 1.60. The summed E-state index contributed by atoms with van der Waals surface area (Å²) in [6, 6.07) is 7.49. The van der Waals surface area contributed by atoms with Gasteiger partial charge in [0.05, 0.1) is 11.4 Å². The van der Waals surface area contributed by atoms with Crippen LogP contribution in [0.25, 0.3) is 0 Å². The number of hydrogen-bond acceptors (Lipinski definition) is 6. The highest BCUT2D eigenvalue weighted by molar-refractivity contribution is 7.89. The van der Waals surface area contributed by atoms with E-state index in [0.717, 1.165) is 6.42 Å². The maximum absolute atomic E-state index is 12.3. The predicted octanol–water partition coefficient (Wildman–Crippen LogP) is 1.03. The van der Waals surface area contributed by atoms with Gasteiger partial charge in [0.15, 0.2) is 5.82 Å². The van der Waals surface area contributed by atoms with E-state index in [4.69, 9.17) is 4.52 Å². The summed E-state index contributed by atoms with van der Waals surface area (Å²) < 4.78 is 31.6. The zero-order chi connectivity index (χ0) is 18.7. The van der Waals surface area contributed by atoms with Crippen molar-refractivity contribution in [3.8, 4) is 0 Å². The number of sulfonamides is 1. The van der Waals surface area contributed by atoms with Gasteiger partial charge in [-0.2, -0.15) is 0 Å². The fourth-order valence-electron chi connectivity index (χ4n) is 2.58.